The summed E-state index contributed by atoms with van der Waals surface area (Å²) < 4.78 is 38.6. The molecule has 2 aromatic rings. The van der Waals surface area contributed by atoms with E-state index in [0.717, 1.165) is 0 Å². The monoisotopic (exact) mass is 324 g/mol. The maximum absolute atomic E-state index is 13.9. The largest absolute Gasteiger partial charge is 0.399 e. The molecule has 0 bridgehead atoms. The SMILES string of the molecule is N#Cc1cccc(CS(=O)(=O)c2ccc(N)cc2Cl)c1F. The second-order valence-electron chi connectivity index (χ2n) is 4.34. The lowest BCUT2D eigenvalue weighted by Crippen LogP contribution is -2.08. The average molecular weight is 325 g/mol. The summed E-state index contributed by atoms with van der Waals surface area (Å²) in [6, 6.07) is 9.69. The van der Waals surface area contributed by atoms with Crippen LogP contribution in [0.15, 0.2) is 41.3 Å². The third-order valence-electron chi connectivity index (χ3n) is 2.84. The molecule has 21 heavy (non-hydrogen) atoms. The molecule has 2 rings (SSSR count). The Labute approximate surface area is 126 Å². The van der Waals surface area contributed by atoms with E-state index >= 15 is 0 Å². The van der Waals surface area contributed by atoms with Crippen molar-refractivity contribution in [1.82, 2.24) is 0 Å². The molecule has 0 unspecified atom stereocenters. The lowest BCUT2D eigenvalue weighted by molar-refractivity contribution is 0.586. The van der Waals surface area contributed by atoms with E-state index in [1.807, 2.05) is 0 Å². The summed E-state index contributed by atoms with van der Waals surface area (Å²) in [5.74, 6) is -1.42. The quantitative estimate of drug-likeness (QED) is 0.880. The van der Waals surface area contributed by atoms with Crippen LogP contribution in [0.4, 0.5) is 10.1 Å². The van der Waals surface area contributed by atoms with Crippen LogP contribution in [0.5, 0.6) is 0 Å². The van der Waals surface area contributed by atoms with Crippen molar-refractivity contribution in [3.05, 3.63) is 58.4 Å². The van der Waals surface area contributed by atoms with E-state index in [1.54, 1.807) is 6.07 Å². The van der Waals surface area contributed by atoms with Crippen LogP contribution in [0.1, 0.15) is 11.1 Å². The first kappa shape index (κ1) is 15.3. The lowest BCUT2D eigenvalue weighted by Gasteiger charge is -2.08. The number of anilines is 1. The van der Waals surface area contributed by atoms with Gasteiger partial charge in [-0.2, -0.15) is 5.26 Å². The first-order chi connectivity index (χ1) is 9.85. The highest BCUT2D eigenvalue weighted by atomic mass is 35.5. The normalized spacial score (nSPS) is 11.1. The minimum Gasteiger partial charge on any atom is -0.399 e. The molecule has 0 saturated carbocycles. The molecule has 0 aliphatic carbocycles. The molecule has 0 fully saturated rings. The van der Waals surface area contributed by atoms with Crippen LogP contribution in [-0.4, -0.2) is 8.42 Å². The van der Waals surface area contributed by atoms with Gasteiger partial charge in [-0.3, -0.25) is 0 Å². The Kier molecular flexibility index (Phi) is 4.16. The molecule has 0 aromatic heterocycles. The highest BCUT2D eigenvalue weighted by molar-refractivity contribution is 7.90. The fraction of sp³-hybridized carbons (Fsp3) is 0.0714. The van der Waals surface area contributed by atoms with Gasteiger partial charge in [-0.1, -0.05) is 23.7 Å². The second-order valence-corrected chi connectivity index (χ2v) is 6.70. The van der Waals surface area contributed by atoms with Gasteiger partial charge in [-0.15, -0.1) is 0 Å². The van der Waals surface area contributed by atoms with Gasteiger partial charge in [-0.25, -0.2) is 12.8 Å². The van der Waals surface area contributed by atoms with E-state index in [4.69, 9.17) is 22.6 Å². The molecule has 7 heteroatoms. The number of sulfone groups is 1. The fourth-order valence-corrected chi connectivity index (χ4v) is 3.79. The predicted molar refractivity (Wildman–Crippen MR) is 77.9 cm³/mol. The Morgan fingerprint density at radius 1 is 1.29 bits per heavy atom. The molecule has 4 nitrogen and oxygen atoms in total. The van der Waals surface area contributed by atoms with Crippen LogP contribution in [-0.2, 0) is 15.6 Å². The molecular weight excluding hydrogens is 315 g/mol. The molecule has 0 saturated heterocycles. The number of nitrogens with two attached hydrogens (primary N) is 1. The Bertz CT molecular complexity index is 845. The van der Waals surface area contributed by atoms with Gasteiger partial charge >= 0.3 is 0 Å². The van der Waals surface area contributed by atoms with Gasteiger partial charge in [0.1, 0.15) is 11.9 Å². The molecule has 108 valence electrons. The second kappa shape index (κ2) is 5.72. The number of hydrogen-bond acceptors (Lipinski definition) is 4. The molecule has 0 aliphatic heterocycles. The van der Waals surface area contributed by atoms with Crippen molar-refractivity contribution < 1.29 is 12.8 Å². The summed E-state index contributed by atoms with van der Waals surface area (Å²) in [6.07, 6.45) is 0. The van der Waals surface area contributed by atoms with Crippen LogP contribution < -0.4 is 5.73 Å². The summed E-state index contributed by atoms with van der Waals surface area (Å²) >= 11 is 5.87. The van der Waals surface area contributed by atoms with Crippen molar-refractivity contribution in [3.63, 3.8) is 0 Å². The zero-order valence-corrected chi connectivity index (χ0v) is 12.2. The van der Waals surface area contributed by atoms with Crippen LogP contribution in [0.3, 0.4) is 0 Å². The third kappa shape index (κ3) is 3.15. The van der Waals surface area contributed by atoms with Gasteiger partial charge in [0.25, 0.3) is 0 Å². The first-order valence-electron chi connectivity index (χ1n) is 5.80. The van der Waals surface area contributed by atoms with Gasteiger partial charge in [0.2, 0.25) is 0 Å². The minimum atomic E-state index is -3.85. The number of nitrogen functional groups attached to an aromatic ring is 1. The summed E-state index contributed by atoms with van der Waals surface area (Å²) in [7, 11) is -3.85. The van der Waals surface area contributed by atoms with Crippen LogP contribution in [0, 0.1) is 17.1 Å². The predicted octanol–water partition coefficient (Wildman–Crippen LogP) is 2.91. The van der Waals surface area contributed by atoms with Crippen molar-refractivity contribution in [2.24, 2.45) is 0 Å². The summed E-state index contributed by atoms with van der Waals surface area (Å²) in [4.78, 5) is -0.125. The van der Waals surface area contributed by atoms with Crippen molar-refractivity contribution in [3.8, 4) is 6.07 Å². The van der Waals surface area contributed by atoms with Gasteiger partial charge < -0.3 is 5.73 Å². The maximum Gasteiger partial charge on any atom is 0.184 e. The number of benzene rings is 2. The van der Waals surface area contributed by atoms with Crippen LogP contribution >= 0.6 is 11.6 Å². The standard InChI is InChI=1S/C14H10ClFN2O2S/c15-12-6-11(18)4-5-13(12)21(19,20)8-10-3-1-2-9(7-17)14(10)16/h1-6H,8,18H2. The number of rotatable bonds is 3. The highest BCUT2D eigenvalue weighted by Gasteiger charge is 2.21. The van der Waals surface area contributed by atoms with E-state index < -0.39 is 21.4 Å². The molecule has 0 heterocycles. The molecule has 0 amide bonds. The molecule has 0 aliphatic rings. The number of hydrogen-bond donors (Lipinski definition) is 1. The van der Waals surface area contributed by atoms with Crippen molar-refractivity contribution in [2.75, 3.05) is 5.73 Å². The van der Waals surface area contributed by atoms with E-state index in [0.29, 0.717) is 5.69 Å². The van der Waals surface area contributed by atoms with Crippen LogP contribution in [0.2, 0.25) is 5.02 Å². The number of nitrogens with zero attached hydrogens (tertiary/aromatic N) is 1. The Hall–Kier alpha value is -2.10. The zero-order chi connectivity index (χ0) is 15.6. The number of nitriles is 1. The minimum absolute atomic E-state index is 0.0214. The summed E-state index contributed by atoms with van der Waals surface area (Å²) in [6.45, 7) is 0. The van der Waals surface area contributed by atoms with E-state index in [9.17, 15) is 12.8 Å². The Morgan fingerprint density at radius 3 is 2.62 bits per heavy atom. The molecule has 2 aromatic carbocycles. The Morgan fingerprint density at radius 2 is 2.00 bits per heavy atom. The first-order valence-corrected chi connectivity index (χ1v) is 7.83. The highest BCUT2D eigenvalue weighted by Crippen LogP contribution is 2.27. The lowest BCUT2D eigenvalue weighted by atomic mass is 10.1. The van der Waals surface area contributed by atoms with Gasteiger partial charge in [-0.05, 0) is 24.3 Å². The van der Waals surface area contributed by atoms with Crippen molar-refractivity contribution in [2.45, 2.75) is 10.6 Å². The smallest absolute Gasteiger partial charge is 0.184 e. The topological polar surface area (TPSA) is 84.0 Å². The van der Waals surface area contributed by atoms with Gasteiger partial charge in [0.05, 0.1) is 21.2 Å². The molecular formula is C14H10ClFN2O2S. The maximum atomic E-state index is 13.9. The van der Waals surface area contributed by atoms with E-state index in [-0.39, 0.29) is 21.0 Å². The summed E-state index contributed by atoms with van der Waals surface area (Å²) in [5.41, 5.74) is 5.56. The zero-order valence-electron chi connectivity index (χ0n) is 10.7. The summed E-state index contributed by atoms with van der Waals surface area (Å²) in [5, 5.41) is 8.74. The van der Waals surface area contributed by atoms with Crippen LogP contribution in [0.25, 0.3) is 0 Å². The van der Waals surface area contributed by atoms with Crippen molar-refractivity contribution >= 4 is 27.1 Å². The molecule has 0 spiro atoms. The molecule has 0 radical (unpaired) electrons. The van der Waals surface area contributed by atoms with E-state index in [2.05, 4.69) is 0 Å². The van der Waals surface area contributed by atoms with Crippen molar-refractivity contribution in [1.29, 1.82) is 5.26 Å². The molecule has 2 N–H and O–H groups in total. The van der Waals surface area contributed by atoms with E-state index in [1.165, 1.54) is 36.4 Å². The average Bonchev–Trinajstić information content (AvgIpc) is 2.40. The van der Waals surface area contributed by atoms with Gasteiger partial charge in [0.15, 0.2) is 9.84 Å². The third-order valence-corrected chi connectivity index (χ3v) is 4.98. The fourth-order valence-electron chi connectivity index (χ4n) is 1.83. The Balaban J connectivity index is 2.45. The van der Waals surface area contributed by atoms with Gasteiger partial charge in [0, 0.05) is 11.3 Å². The molecule has 0 atom stereocenters. The number of halogens is 2.